The number of nitrogens with zero attached hydrogens (tertiary/aromatic N) is 1. The Morgan fingerprint density at radius 1 is 1.23 bits per heavy atom. The van der Waals surface area contributed by atoms with Gasteiger partial charge in [0.15, 0.2) is 0 Å². The zero-order valence-corrected chi connectivity index (χ0v) is 18.1. The van der Waals surface area contributed by atoms with Crippen LogP contribution in [0.15, 0.2) is 12.5 Å². The van der Waals surface area contributed by atoms with E-state index in [0.29, 0.717) is 11.4 Å². The van der Waals surface area contributed by atoms with Crippen LogP contribution >= 0.6 is 11.8 Å². The van der Waals surface area contributed by atoms with Crippen molar-refractivity contribution in [1.29, 1.82) is 0 Å². The molecule has 3 unspecified atom stereocenters. The summed E-state index contributed by atoms with van der Waals surface area (Å²) in [6.45, 7) is 3.09. The number of thioether (sulfide) groups is 1. The molecule has 0 aliphatic heterocycles. The van der Waals surface area contributed by atoms with Crippen molar-refractivity contribution in [3.63, 3.8) is 0 Å². The van der Waals surface area contributed by atoms with Crippen molar-refractivity contribution in [2.75, 3.05) is 18.6 Å². The first-order valence-electron chi connectivity index (χ1n) is 9.47. The van der Waals surface area contributed by atoms with E-state index in [1.54, 1.807) is 20.0 Å². The summed E-state index contributed by atoms with van der Waals surface area (Å²) in [5.41, 5.74) is 6.58. The van der Waals surface area contributed by atoms with Crippen LogP contribution in [0.1, 0.15) is 26.0 Å². The highest BCUT2D eigenvalue weighted by Crippen LogP contribution is 2.04. The Kier molecular flexibility index (Phi) is 10.9. The Hall–Kier alpha value is -2.60. The minimum absolute atomic E-state index is 0.229. The first-order valence-corrected chi connectivity index (χ1v) is 10.9. The molecule has 0 aliphatic rings. The number of aromatic nitrogens is 2. The number of carboxylic acid groups (broad SMARTS) is 1. The van der Waals surface area contributed by atoms with Gasteiger partial charge >= 0.3 is 5.97 Å². The average Bonchev–Trinajstić information content (AvgIpc) is 3.19. The fourth-order valence-corrected chi connectivity index (χ4v) is 3.01. The normalized spacial score (nSPS) is 13.9. The molecular formula is C18H30N6O5S. The number of carbonyl (C=O) groups excluding carboxylic acids is 3. The Balaban J connectivity index is 2.57. The van der Waals surface area contributed by atoms with E-state index in [-0.39, 0.29) is 18.8 Å². The number of carboxylic acids is 1. The Bertz CT molecular complexity index is 712. The number of hydrogen-bond acceptors (Lipinski definition) is 7. The van der Waals surface area contributed by atoms with Gasteiger partial charge in [0, 0.05) is 18.3 Å². The van der Waals surface area contributed by atoms with Crippen molar-refractivity contribution in [1.82, 2.24) is 25.9 Å². The van der Waals surface area contributed by atoms with Crippen LogP contribution in [0.25, 0.3) is 0 Å². The summed E-state index contributed by atoms with van der Waals surface area (Å²) in [7, 11) is 0. The molecule has 0 bridgehead atoms. The molecule has 1 rings (SSSR count). The van der Waals surface area contributed by atoms with Crippen LogP contribution < -0.4 is 21.7 Å². The first kappa shape index (κ1) is 25.4. The van der Waals surface area contributed by atoms with Crippen molar-refractivity contribution in [2.24, 2.45) is 11.7 Å². The molecule has 0 fully saturated rings. The summed E-state index contributed by atoms with van der Waals surface area (Å²) in [5, 5.41) is 16.6. The van der Waals surface area contributed by atoms with Crippen molar-refractivity contribution < 1.29 is 24.3 Å². The van der Waals surface area contributed by atoms with Crippen molar-refractivity contribution in [3.05, 3.63) is 18.2 Å². The van der Waals surface area contributed by atoms with E-state index < -0.39 is 48.4 Å². The lowest BCUT2D eigenvalue weighted by atomic mass is 10.0. The van der Waals surface area contributed by atoms with E-state index in [4.69, 9.17) is 10.8 Å². The zero-order chi connectivity index (χ0) is 22.7. The molecule has 0 radical (unpaired) electrons. The predicted molar refractivity (Wildman–Crippen MR) is 113 cm³/mol. The molecule has 0 saturated heterocycles. The number of nitrogens with one attached hydrogen (secondary N) is 4. The smallest absolute Gasteiger partial charge is 0.326 e. The topological polar surface area (TPSA) is 179 Å². The lowest BCUT2D eigenvalue weighted by Crippen LogP contribution is -2.55. The summed E-state index contributed by atoms with van der Waals surface area (Å²) in [5.74, 6) is -2.51. The molecular weight excluding hydrogens is 412 g/mol. The lowest BCUT2D eigenvalue weighted by molar-refractivity contribution is -0.141. The van der Waals surface area contributed by atoms with Gasteiger partial charge in [-0.25, -0.2) is 9.78 Å². The number of rotatable bonds is 13. The third-order valence-electron chi connectivity index (χ3n) is 4.25. The Morgan fingerprint density at radius 2 is 1.93 bits per heavy atom. The van der Waals surface area contributed by atoms with E-state index in [9.17, 15) is 19.2 Å². The number of aliphatic carboxylic acids is 1. The van der Waals surface area contributed by atoms with Gasteiger partial charge < -0.3 is 31.8 Å². The van der Waals surface area contributed by atoms with Crippen molar-refractivity contribution >= 4 is 35.5 Å². The summed E-state index contributed by atoms with van der Waals surface area (Å²) in [6.07, 6.45) is 5.37. The maximum absolute atomic E-state index is 12.5. The minimum atomic E-state index is -1.14. The molecule has 168 valence electrons. The van der Waals surface area contributed by atoms with Crippen LogP contribution in [0.4, 0.5) is 0 Å². The van der Waals surface area contributed by atoms with Gasteiger partial charge in [-0.2, -0.15) is 11.8 Å². The second-order valence-corrected chi connectivity index (χ2v) is 8.06. The van der Waals surface area contributed by atoms with Crippen LogP contribution in [0, 0.1) is 5.92 Å². The zero-order valence-electron chi connectivity index (χ0n) is 17.3. The Labute approximate surface area is 179 Å². The molecule has 11 nitrogen and oxygen atoms in total. The molecule has 1 aromatic heterocycles. The molecule has 0 saturated carbocycles. The van der Waals surface area contributed by atoms with Gasteiger partial charge in [0.1, 0.15) is 12.1 Å². The molecule has 0 aliphatic carbocycles. The largest absolute Gasteiger partial charge is 0.480 e. The molecule has 3 atom stereocenters. The second-order valence-electron chi connectivity index (χ2n) is 7.08. The molecule has 12 heteroatoms. The quantitative estimate of drug-likeness (QED) is 0.222. The van der Waals surface area contributed by atoms with Gasteiger partial charge in [-0.3, -0.25) is 14.4 Å². The number of hydrogen-bond donors (Lipinski definition) is 6. The Morgan fingerprint density at radius 3 is 2.47 bits per heavy atom. The standard InChI is InChI=1S/C18H30N6O5S/c1-10(2)15(24-16(26)12(19)6-11-7-20-9-22-11)17(27)21-8-14(25)23-13(18(28)29)4-5-30-3/h7,9-10,12-13,15H,4-6,8,19H2,1-3H3,(H,20,22)(H,21,27)(H,23,25)(H,24,26)(H,28,29). The molecule has 30 heavy (non-hydrogen) atoms. The van der Waals surface area contributed by atoms with E-state index >= 15 is 0 Å². The monoisotopic (exact) mass is 442 g/mol. The summed E-state index contributed by atoms with van der Waals surface area (Å²) in [4.78, 5) is 54.7. The van der Waals surface area contributed by atoms with E-state index in [1.807, 2.05) is 6.26 Å². The first-order chi connectivity index (χ1) is 14.1. The van der Waals surface area contributed by atoms with Crippen LogP contribution in [0.3, 0.4) is 0 Å². The maximum Gasteiger partial charge on any atom is 0.326 e. The summed E-state index contributed by atoms with van der Waals surface area (Å²) >= 11 is 1.47. The fraction of sp³-hybridized carbons (Fsp3) is 0.611. The van der Waals surface area contributed by atoms with Gasteiger partial charge in [-0.05, 0) is 24.3 Å². The highest BCUT2D eigenvalue weighted by Gasteiger charge is 2.27. The van der Waals surface area contributed by atoms with Crippen LogP contribution in [0.5, 0.6) is 0 Å². The summed E-state index contributed by atoms with van der Waals surface area (Å²) in [6, 6.07) is -2.80. The number of imidazole rings is 1. The third-order valence-corrected chi connectivity index (χ3v) is 4.89. The van der Waals surface area contributed by atoms with Crippen LogP contribution in [-0.4, -0.2) is 75.4 Å². The van der Waals surface area contributed by atoms with Crippen molar-refractivity contribution in [3.8, 4) is 0 Å². The number of nitrogens with two attached hydrogens (primary N) is 1. The fourth-order valence-electron chi connectivity index (χ4n) is 2.54. The van der Waals surface area contributed by atoms with Crippen molar-refractivity contribution in [2.45, 2.75) is 44.8 Å². The van der Waals surface area contributed by atoms with Gasteiger partial charge in [0.2, 0.25) is 17.7 Å². The van der Waals surface area contributed by atoms with E-state index in [2.05, 4.69) is 25.9 Å². The van der Waals surface area contributed by atoms with E-state index in [1.165, 1.54) is 18.1 Å². The maximum atomic E-state index is 12.5. The lowest BCUT2D eigenvalue weighted by Gasteiger charge is -2.23. The minimum Gasteiger partial charge on any atom is -0.480 e. The predicted octanol–water partition coefficient (Wildman–Crippen LogP) is -1.14. The highest BCUT2D eigenvalue weighted by molar-refractivity contribution is 7.98. The number of aromatic amines is 1. The van der Waals surface area contributed by atoms with Gasteiger partial charge in [0.05, 0.1) is 18.9 Å². The van der Waals surface area contributed by atoms with Gasteiger partial charge in [-0.15, -0.1) is 0 Å². The van der Waals surface area contributed by atoms with E-state index in [0.717, 1.165) is 0 Å². The number of amides is 3. The molecule has 0 spiro atoms. The third kappa shape index (κ3) is 8.82. The SMILES string of the molecule is CSCCC(NC(=O)CNC(=O)C(NC(=O)C(N)Cc1cnc[nH]1)C(C)C)C(=O)O. The molecule has 1 heterocycles. The van der Waals surface area contributed by atoms with Gasteiger partial charge in [-0.1, -0.05) is 13.8 Å². The number of carbonyl (C=O) groups is 4. The molecule has 3 amide bonds. The van der Waals surface area contributed by atoms with Crippen LogP contribution in [0.2, 0.25) is 0 Å². The number of H-pyrrole nitrogens is 1. The summed E-state index contributed by atoms with van der Waals surface area (Å²) < 4.78 is 0. The molecule has 7 N–H and O–H groups in total. The second kappa shape index (κ2) is 12.9. The molecule has 0 aromatic carbocycles. The van der Waals surface area contributed by atoms with Crippen LogP contribution in [-0.2, 0) is 25.6 Å². The highest BCUT2D eigenvalue weighted by atomic mass is 32.2. The average molecular weight is 443 g/mol. The molecule has 1 aromatic rings. The van der Waals surface area contributed by atoms with Gasteiger partial charge in [0.25, 0.3) is 0 Å².